The highest BCUT2D eigenvalue weighted by Crippen LogP contribution is 2.17. The van der Waals surface area contributed by atoms with Crippen LogP contribution in [-0.2, 0) is 4.79 Å². The first-order valence-electron chi connectivity index (χ1n) is 5.42. The highest BCUT2D eigenvalue weighted by molar-refractivity contribution is 5.81. The zero-order chi connectivity index (χ0) is 12.3. The van der Waals surface area contributed by atoms with Crippen molar-refractivity contribution in [2.45, 2.75) is 6.42 Å². The molecule has 0 bridgehead atoms. The van der Waals surface area contributed by atoms with Gasteiger partial charge in [0.25, 0.3) is 0 Å². The van der Waals surface area contributed by atoms with Gasteiger partial charge in [0.15, 0.2) is 11.6 Å². The molecule has 1 aliphatic heterocycles. The first-order chi connectivity index (χ1) is 8.20. The van der Waals surface area contributed by atoms with Crippen LogP contribution in [0.4, 0.5) is 16.2 Å². The van der Waals surface area contributed by atoms with Crippen molar-refractivity contribution in [3.05, 3.63) is 12.0 Å². The molecule has 2 rings (SSSR count). The number of nitrogens with zero attached hydrogens (tertiary/aromatic N) is 3. The van der Waals surface area contributed by atoms with Crippen LogP contribution in [0.15, 0.2) is 6.20 Å². The van der Waals surface area contributed by atoms with E-state index in [1.807, 2.05) is 0 Å². The van der Waals surface area contributed by atoms with E-state index in [2.05, 4.69) is 20.6 Å². The summed E-state index contributed by atoms with van der Waals surface area (Å²) in [5, 5.41) is 5.47. The predicted molar refractivity (Wildman–Crippen MR) is 61.4 cm³/mol. The Morgan fingerprint density at radius 3 is 3.18 bits per heavy atom. The van der Waals surface area contributed by atoms with Gasteiger partial charge in [-0.05, 0) is 6.42 Å². The summed E-state index contributed by atoms with van der Waals surface area (Å²) in [6.07, 6.45) is 1.88. The Balaban J connectivity index is 2.27. The minimum absolute atomic E-state index is 0.119. The van der Waals surface area contributed by atoms with Gasteiger partial charge >= 0.3 is 0 Å². The third kappa shape index (κ3) is 2.61. The van der Waals surface area contributed by atoms with Crippen molar-refractivity contribution in [3.63, 3.8) is 0 Å². The minimum atomic E-state index is -0.515. The third-order valence-corrected chi connectivity index (χ3v) is 2.51. The van der Waals surface area contributed by atoms with E-state index in [9.17, 15) is 9.18 Å². The summed E-state index contributed by atoms with van der Waals surface area (Å²) in [6, 6.07) is 0. The first-order valence-corrected chi connectivity index (χ1v) is 5.42. The SMILES string of the molecule is CNc1ncc(F)c(N2CCCNC(=O)C2)n1. The lowest BCUT2D eigenvalue weighted by molar-refractivity contribution is -0.119. The molecular weight excluding hydrogens is 225 g/mol. The first kappa shape index (κ1) is 11.6. The second kappa shape index (κ2) is 4.94. The Kier molecular flexibility index (Phi) is 3.36. The summed E-state index contributed by atoms with van der Waals surface area (Å²) in [6.45, 7) is 1.33. The molecule has 0 unspecified atom stereocenters. The number of hydrogen-bond donors (Lipinski definition) is 2. The Labute approximate surface area is 98.2 Å². The van der Waals surface area contributed by atoms with Crippen molar-refractivity contribution in [1.29, 1.82) is 0 Å². The number of nitrogens with one attached hydrogen (secondary N) is 2. The van der Waals surface area contributed by atoms with Gasteiger partial charge in [-0.3, -0.25) is 4.79 Å². The highest BCUT2D eigenvalue weighted by atomic mass is 19.1. The molecule has 1 saturated heterocycles. The number of carbonyl (C=O) groups excluding carboxylic acids is 1. The van der Waals surface area contributed by atoms with E-state index in [0.29, 0.717) is 19.0 Å². The average molecular weight is 239 g/mol. The van der Waals surface area contributed by atoms with Crippen LogP contribution < -0.4 is 15.5 Å². The summed E-state index contributed by atoms with van der Waals surface area (Å²) < 4.78 is 13.6. The van der Waals surface area contributed by atoms with Gasteiger partial charge in [0.05, 0.1) is 12.7 Å². The molecule has 17 heavy (non-hydrogen) atoms. The van der Waals surface area contributed by atoms with Crippen LogP contribution in [0.3, 0.4) is 0 Å². The molecule has 0 aliphatic carbocycles. The van der Waals surface area contributed by atoms with Gasteiger partial charge in [-0.1, -0.05) is 0 Å². The van der Waals surface area contributed by atoms with Crippen LogP contribution in [0.2, 0.25) is 0 Å². The van der Waals surface area contributed by atoms with Crippen LogP contribution in [0.1, 0.15) is 6.42 Å². The van der Waals surface area contributed by atoms with Crippen molar-refractivity contribution < 1.29 is 9.18 Å². The molecule has 1 amide bonds. The second-order valence-electron chi connectivity index (χ2n) is 3.74. The molecule has 0 spiro atoms. The van der Waals surface area contributed by atoms with E-state index >= 15 is 0 Å². The van der Waals surface area contributed by atoms with Gasteiger partial charge in [-0.25, -0.2) is 9.37 Å². The lowest BCUT2D eigenvalue weighted by atomic mass is 10.4. The Morgan fingerprint density at radius 1 is 1.59 bits per heavy atom. The molecule has 2 heterocycles. The molecule has 1 aliphatic rings. The van der Waals surface area contributed by atoms with E-state index in [-0.39, 0.29) is 18.3 Å². The van der Waals surface area contributed by atoms with Gasteiger partial charge in [0.2, 0.25) is 11.9 Å². The molecule has 1 aromatic rings. The van der Waals surface area contributed by atoms with Gasteiger partial charge < -0.3 is 15.5 Å². The minimum Gasteiger partial charge on any atom is -0.357 e. The molecule has 1 aromatic heterocycles. The number of hydrogen-bond acceptors (Lipinski definition) is 5. The van der Waals surface area contributed by atoms with Crippen molar-refractivity contribution in [1.82, 2.24) is 15.3 Å². The quantitative estimate of drug-likeness (QED) is 0.759. The summed E-state index contributed by atoms with van der Waals surface area (Å²) in [5.41, 5.74) is 0. The molecule has 92 valence electrons. The molecule has 0 atom stereocenters. The molecule has 7 heteroatoms. The van der Waals surface area contributed by atoms with Crippen molar-refractivity contribution in [2.75, 3.05) is 36.9 Å². The van der Waals surface area contributed by atoms with Gasteiger partial charge in [-0.15, -0.1) is 0 Å². The third-order valence-electron chi connectivity index (χ3n) is 2.51. The standard InChI is InChI=1S/C10H14FN5O/c1-12-10-14-5-7(11)9(15-10)16-4-2-3-13-8(17)6-16/h5H,2-4,6H2,1H3,(H,13,17)(H,12,14,15). The van der Waals surface area contributed by atoms with Crippen LogP contribution in [0.25, 0.3) is 0 Å². The van der Waals surface area contributed by atoms with Crippen LogP contribution in [0, 0.1) is 5.82 Å². The molecule has 0 aromatic carbocycles. The number of halogens is 1. The van der Waals surface area contributed by atoms with Crippen molar-refractivity contribution in [2.24, 2.45) is 0 Å². The molecular formula is C10H14FN5O. The molecule has 2 N–H and O–H groups in total. The normalized spacial score (nSPS) is 16.4. The van der Waals surface area contributed by atoms with Gasteiger partial charge in [-0.2, -0.15) is 4.98 Å². The molecule has 1 fully saturated rings. The predicted octanol–water partition coefficient (Wildman–Crippen LogP) is -0.0163. The maximum Gasteiger partial charge on any atom is 0.239 e. The van der Waals surface area contributed by atoms with Crippen LogP contribution in [-0.4, -0.2) is 42.6 Å². The fourth-order valence-corrected chi connectivity index (χ4v) is 1.69. The summed E-state index contributed by atoms with van der Waals surface area (Å²) in [7, 11) is 1.66. The maximum absolute atomic E-state index is 13.6. The van der Waals surface area contributed by atoms with Crippen LogP contribution >= 0.6 is 0 Å². The number of carbonyl (C=O) groups is 1. The lowest BCUT2D eigenvalue weighted by Gasteiger charge is -2.20. The van der Waals surface area contributed by atoms with E-state index < -0.39 is 5.82 Å². The van der Waals surface area contributed by atoms with Gasteiger partial charge in [0, 0.05) is 20.1 Å². The van der Waals surface area contributed by atoms with E-state index in [1.165, 1.54) is 0 Å². The molecule has 6 nitrogen and oxygen atoms in total. The second-order valence-corrected chi connectivity index (χ2v) is 3.74. The highest BCUT2D eigenvalue weighted by Gasteiger charge is 2.19. The topological polar surface area (TPSA) is 70.2 Å². The molecule has 0 radical (unpaired) electrons. The summed E-state index contributed by atoms with van der Waals surface area (Å²) >= 11 is 0. The number of anilines is 2. The van der Waals surface area contributed by atoms with Crippen molar-refractivity contribution in [3.8, 4) is 0 Å². The number of aromatic nitrogens is 2. The lowest BCUT2D eigenvalue weighted by Crippen LogP contribution is -2.34. The Bertz CT molecular complexity index is 425. The zero-order valence-corrected chi connectivity index (χ0v) is 9.53. The number of rotatable bonds is 2. The largest absolute Gasteiger partial charge is 0.357 e. The van der Waals surface area contributed by atoms with Crippen LogP contribution in [0.5, 0.6) is 0 Å². The smallest absolute Gasteiger partial charge is 0.239 e. The monoisotopic (exact) mass is 239 g/mol. The summed E-state index contributed by atoms with van der Waals surface area (Å²) in [5.74, 6) is -0.127. The zero-order valence-electron chi connectivity index (χ0n) is 9.53. The fourth-order valence-electron chi connectivity index (χ4n) is 1.69. The van der Waals surface area contributed by atoms with Crippen molar-refractivity contribution >= 4 is 17.7 Å². The maximum atomic E-state index is 13.6. The van der Waals surface area contributed by atoms with E-state index in [1.54, 1.807) is 11.9 Å². The van der Waals surface area contributed by atoms with Gasteiger partial charge in [0.1, 0.15) is 0 Å². The van der Waals surface area contributed by atoms with E-state index in [4.69, 9.17) is 0 Å². The Morgan fingerprint density at radius 2 is 2.41 bits per heavy atom. The fraction of sp³-hybridized carbons (Fsp3) is 0.500. The Hall–Kier alpha value is -1.92. The number of amides is 1. The van der Waals surface area contributed by atoms with E-state index in [0.717, 1.165) is 12.6 Å². The molecule has 0 saturated carbocycles. The summed E-state index contributed by atoms with van der Waals surface area (Å²) in [4.78, 5) is 20.8. The average Bonchev–Trinajstić information content (AvgIpc) is 2.54.